The monoisotopic (exact) mass is 276 g/mol. The number of ether oxygens (including phenoxy) is 1. The largest absolute Gasteiger partial charge is 0.494 e. The maximum Gasteiger partial charge on any atom is 0.258 e. The maximum absolute atomic E-state index is 9.84. The van der Waals surface area contributed by atoms with Crippen molar-refractivity contribution in [2.45, 2.75) is 39.2 Å². The minimum atomic E-state index is -0.669. The molecule has 5 heteroatoms. The average molecular weight is 276 g/mol. The first-order valence-electron chi connectivity index (χ1n) is 6.99. The lowest BCUT2D eigenvalue weighted by Crippen LogP contribution is -1.98. The molecule has 1 heterocycles. The van der Waals surface area contributed by atoms with Gasteiger partial charge in [0, 0.05) is 5.56 Å². The normalized spacial score (nSPS) is 12.3. The number of aliphatic hydroxyl groups is 1. The molecule has 0 aliphatic carbocycles. The van der Waals surface area contributed by atoms with Crippen LogP contribution in [0.15, 0.2) is 28.8 Å². The summed E-state index contributed by atoms with van der Waals surface area (Å²) >= 11 is 0. The Morgan fingerprint density at radius 2 is 2.15 bits per heavy atom. The van der Waals surface area contributed by atoms with Crippen molar-refractivity contribution < 1.29 is 14.4 Å². The fourth-order valence-electron chi connectivity index (χ4n) is 1.83. The summed E-state index contributed by atoms with van der Waals surface area (Å²) in [5, 5.41) is 13.7. The van der Waals surface area contributed by atoms with Gasteiger partial charge in [-0.15, -0.1) is 0 Å². The predicted molar refractivity (Wildman–Crippen MR) is 75.4 cm³/mol. The zero-order valence-electron chi connectivity index (χ0n) is 11.9. The summed E-state index contributed by atoms with van der Waals surface area (Å²) in [6, 6.07) is 7.51. The number of aromatic nitrogens is 2. The van der Waals surface area contributed by atoms with E-state index in [2.05, 4.69) is 17.1 Å². The first kappa shape index (κ1) is 14.5. The number of rotatable bonds is 7. The standard InChI is InChI=1S/C15H20N2O3/c1-3-6-13(18)14-16-15(20-17-14)11-7-5-8-12(10-11)19-9-4-2/h5,7-8,10,13,18H,3-4,6,9H2,1-2H3. The molecule has 20 heavy (non-hydrogen) atoms. The molecule has 0 fully saturated rings. The van der Waals surface area contributed by atoms with E-state index >= 15 is 0 Å². The van der Waals surface area contributed by atoms with Gasteiger partial charge < -0.3 is 14.4 Å². The van der Waals surface area contributed by atoms with E-state index in [0.29, 0.717) is 24.7 Å². The first-order valence-corrected chi connectivity index (χ1v) is 6.99. The van der Waals surface area contributed by atoms with Crippen molar-refractivity contribution in [3.05, 3.63) is 30.1 Å². The lowest BCUT2D eigenvalue weighted by atomic mass is 10.2. The molecular weight excluding hydrogens is 256 g/mol. The van der Waals surface area contributed by atoms with Crippen LogP contribution >= 0.6 is 0 Å². The zero-order valence-corrected chi connectivity index (χ0v) is 11.9. The molecule has 0 spiro atoms. The quantitative estimate of drug-likeness (QED) is 0.839. The fraction of sp³-hybridized carbons (Fsp3) is 0.467. The molecule has 1 aromatic carbocycles. The lowest BCUT2D eigenvalue weighted by Gasteiger charge is -2.04. The molecular formula is C15H20N2O3. The molecule has 1 aromatic heterocycles. The second-order valence-electron chi connectivity index (χ2n) is 4.64. The van der Waals surface area contributed by atoms with Crippen molar-refractivity contribution in [2.24, 2.45) is 0 Å². The summed E-state index contributed by atoms with van der Waals surface area (Å²) in [5.74, 6) is 1.51. The van der Waals surface area contributed by atoms with Gasteiger partial charge in [0.05, 0.1) is 6.61 Å². The molecule has 0 saturated carbocycles. The Morgan fingerprint density at radius 3 is 2.90 bits per heavy atom. The van der Waals surface area contributed by atoms with Crippen molar-refractivity contribution >= 4 is 0 Å². The predicted octanol–water partition coefficient (Wildman–Crippen LogP) is 3.36. The van der Waals surface area contributed by atoms with Gasteiger partial charge in [-0.3, -0.25) is 0 Å². The van der Waals surface area contributed by atoms with E-state index in [9.17, 15) is 5.11 Å². The molecule has 0 saturated heterocycles. The van der Waals surface area contributed by atoms with Crippen LogP contribution in [0.1, 0.15) is 45.0 Å². The fourth-order valence-corrected chi connectivity index (χ4v) is 1.83. The third-order valence-corrected chi connectivity index (χ3v) is 2.86. The maximum atomic E-state index is 9.84. The Labute approximate surface area is 118 Å². The molecule has 1 N–H and O–H groups in total. The molecule has 0 aliphatic rings. The SMILES string of the molecule is CCCOc1cccc(-c2nc(C(O)CCC)no2)c1. The van der Waals surface area contributed by atoms with E-state index in [0.717, 1.165) is 24.2 Å². The minimum Gasteiger partial charge on any atom is -0.494 e. The van der Waals surface area contributed by atoms with Gasteiger partial charge in [0.1, 0.15) is 11.9 Å². The second kappa shape index (κ2) is 7.05. The number of hydrogen-bond donors (Lipinski definition) is 1. The van der Waals surface area contributed by atoms with Crippen molar-refractivity contribution in [3.63, 3.8) is 0 Å². The van der Waals surface area contributed by atoms with E-state index in [1.165, 1.54) is 0 Å². The Morgan fingerprint density at radius 1 is 1.30 bits per heavy atom. The number of hydrogen-bond acceptors (Lipinski definition) is 5. The van der Waals surface area contributed by atoms with Crippen LogP contribution < -0.4 is 4.74 Å². The summed E-state index contributed by atoms with van der Waals surface area (Å²) in [7, 11) is 0. The van der Waals surface area contributed by atoms with Crippen LogP contribution in [0.2, 0.25) is 0 Å². The van der Waals surface area contributed by atoms with Crippen molar-refractivity contribution in [1.29, 1.82) is 0 Å². The molecule has 0 amide bonds. The molecule has 2 aromatic rings. The Balaban J connectivity index is 2.15. The molecule has 5 nitrogen and oxygen atoms in total. The van der Waals surface area contributed by atoms with Crippen molar-refractivity contribution in [1.82, 2.24) is 10.1 Å². The van der Waals surface area contributed by atoms with Crippen LogP contribution in [0, 0.1) is 0 Å². The molecule has 1 atom stereocenters. The summed E-state index contributed by atoms with van der Waals surface area (Å²) in [4.78, 5) is 4.24. The van der Waals surface area contributed by atoms with Crippen molar-refractivity contribution in [3.8, 4) is 17.2 Å². The van der Waals surface area contributed by atoms with E-state index in [4.69, 9.17) is 9.26 Å². The summed E-state index contributed by atoms with van der Waals surface area (Å²) in [5.41, 5.74) is 0.793. The van der Waals surface area contributed by atoms with Gasteiger partial charge in [0.15, 0.2) is 0 Å². The van der Waals surface area contributed by atoms with Crippen LogP contribution in [0.4, 0.5) is 0 Å². The Hall–Kier alpha value is -1.88. The smallest absolute Gasteiger partial charge is 0.258 e. The van der Waals surface area contributed by atoms with Gasteiger partial charge in [-0.1, -0.05) is 31.5 Å². The number of benzene rings is 1. The number of aliphatic hydroxyl groups excluding tert-OH is 1. The highest BCUT2D eigenvalue weighted by molar-refractivity contribution is 5.55. The highest BCUT2D eigenvalue weighted by Crippen LogP contribution is 2.24. The van der Waals surface area contributed by atoms with Gasteiger partial charge in [-0.25, -0.2) is 0 Å². The van der Waals surface area contributed by atoms with E-state index in [1.807, 2.05) is 31.2 Å². The van der Waals surface area contributed by atoms with Crippen LogP contribution in [0.3, 0.4) is 0 Å². The van der Waals surface area contributed by atoms with Crippen LogP contribution in [0.25, 0.3) is 11.5 Å². The first-order chi connectivity index (χ1) is 9.74. The summed E-state index contributed by atoms with van der Waals surface area (Å²) < 4.78 is 10.8. The van der Waals surface area contributed by atoms with E-state index in [1.54, 1.807) is 0 Å². The molecule has 0 bridgehead atoms. The highest BCUT2D eigenvalue weighted by atomic mass is 16.5. The minimum absolute atomic E-state index is 0.335. The van der Waals surface area contributed by atoms with Gasteiger partial charge in [-0.2, -0.15) is 4.98 Å². The molecule has 0 radical (unpaired) electrons. The van der Waals surface area contributed by atoms with E-state index < -0.39 is 6.10 Å². The molecule has 1 unspecified atom stereocenters. The van der Waals surface area contributed by atoms with Gasteiger partial charge in [0.2, 0.25) is 5.82 Å². The zero-order chi connectivity index (χ0) is 14.4. The average Bonchev–Trinajstić information content (AvgIpc) is 2.95. The molecule has 108 valence electrons. The third-order valence-electron chi connectivity index (χ3n) is 2.86. The number of nitrogens with zero attached hydrogens (tertiary/aromatic N) is 2. The highest BCUT2D eigenvalue weighted by Gasteiger charge is 2.15. The van der Waals surface area contributed by atoms with Gasteiger partial charge in [-0.05, 0) is 31.0 Å². The Kier molecular flexibility index (Phi) is 5.12. The molecule has 2 rings (SSSR count). The topological polar surface area (TPSA) is 68.4 Å². The van der Waals surface area contributed by atoms with Crippen LogP contribution in [-0.4, -0.2) is 21.9 Å². The van der Waals surface area contributed by atoms with Gasteiger partial charge in [0.25, 0.3) is 5.89 Å². The molecule has 0 aliphatic heterocycles. The third kappa shape index (κ3) is 3.57. The van der Waals surface area contributed by atoms with Crippen LogP contribution in [0.5, 0.6) is 5.75 Å². The van der Waals surface area contributed by atoms with Crippen molar-refractivity contribution in [2.75, 3.05) is 6.61 Å². The second-order valence-corrected chi connectivity index (χ2v) is 4.64. The van der Waals surface area contributed by atoms with E-state index in [-0.39, 0.29) is 0 Å². The lowest BCUT2D eigenvalue weighted by molar-refractivity contribution is 0.153. The summed E-state index contributed by atoms with van der Waals surface area (Å²) in [6.45, 7) is 4.73. The van der Waals surface area contributed by atoms with Gasteiger partial charge >= 0.3 is 0 Å². The summed E-state index contributed by atoms with van der Waals surface area (Å²) in [6.07, 6.45) is 1.78. The van der Waals surface area contributed by atoms with Crippen LogP contribution in [-0.2, 0) is 0 Å². The Bertz CT molecular complexity index is 539.